The summed E-state index contributed by atoms with van der Waals surface area (Å²) in [7, 11) is 0. The van der Waals surface area contributed by atoms with Gasteiger partial charge in [-0.15, -0.1) is 0 Å². The third-order valence-corrected chi connectivity index (χ3v) is 3.42. The van der Waals surface area contributed by atoms with Gasteiger partial charge < -0.3 is 0 Å². The lowest BCUT2D eigenvalue weighted by Crippen LogP contribution is -2.31. The van der Waals surface area contributed by atoms with Crippen LogP contribution in [0.5, 0.6) is 0 Å². The second-order valence-electron chi connectivity index (χ2n) is 4.59. The molecule has 19 heavy (non-hydrogen) atoms. The number of nitrogens with zero attached hydrogens (tertiary/aromatic N) is 1. The number of fused-ring (bicyclic) bond motifs is 1. The summed E-state index contributed by atoms with van der Waals surface area (Å²) in [5.41, 5.74) is 0.382. The summed E-state index contributed by atoms with van der Waals surface area (Å²) < 4.78 is 13.7. The third kappa shape index (κ3) is 1.89. The Morgan fingerprint density at radius 1 is 1.11 bits per heavy atom. The molecule has 4 heteroatoms. The van der Waals surface area contributed by atoms with Gasteiger partial charge in [-0.25, -0.2) is 4.39 Å². The second-order valence-corrected chi connectivity index (χ2v) is 4.59. The molecule has 0 atom stereocenters. The highest BCUT2D eigenvalue weighted by molar-refractivity contribution is 6.12. The Morgan fingerprint density at radius 2 is 1.84 bits per heavy atom. The molecule has 1 aliphatic heterocycles. The molecule has 0 aromatic heterocycles. The van der Waals surface area contributed by atoms with Crippen molar-refractivity contribution >= 4 is 22.6 Å². The highest BCUT2D eigenvalue weighted by Crippen LogP contribution is 2.24. The van der Waals surface area contributed by atoms with Crippen LogP contribution in [0.2, 0.25) is 0 Å². The van der Waals surface area contributed by atoms with Crippen molar-refractivity contribution in [2.24, 2.45) is 0 Å². The molecule has 1 saturated heterocycles. The number of carbonyl (C=O) groups excluding carboxylic acids is 2. The molecule has 2 aromatic rings. The van der Waals surface area contributed by atoms with Crippen molar-refractivity contribution in [1.29, 1.82) is 0 Å². The van der Waals surface area contributed by atoms with Crippen LogP contribution >= 0.6 is 0 Å². The van der Waals surface area contributed by atoms with E-state index in [2.05, 4.69) is 0 Å². The first-order valence-electron chi connectivity index (χ1n) is 6.20. The normalized spacial score (nSPS) is 15.2. The summed E-state index contributed by atoms with van der Waals surface area (Å²) in [4.78, 5) is 25.2. The monoisotopic (exact) mass is 257 g/mol. The summed E-state index contributed by atoms with van der Waals surface area (Å²) in [6, 6.07) is 9.53. The van der Waals surface area contributed by atoms with Gasteiger partial charge in [-0.05, 0) is 23.9 Å². The van der Waals surface area contributed by atoms with Gasteiger partial charge in [-0.2, -0.15) is 0 Å². The minimum atomic E-state index is -0.361. The van der Waals surface area contributed by atoms with Gasteiger partial charge in [0.05, 0.1) is 0 Å². The van der Waals surface area contributed by atoms with Crippen molar-refractivity contribution < 1.29 is 14.0 Å². The van der Waals surface area contributed by atoms with Crippen LogP contribution in [0, 0.1) is 5.82 Å². The SMILES string of the molecule is O=C1CCCN1C(=O)c1ccc(F)c2ccccc12. The molecule has 0 bridgehead atoms. The fraction of sp³-hybridized carbons (Fsp3) is 0.200. The zero-order valence-electron chi connectivity index (χ0n) is 10.2. The average molecular weight is 257 g/mol. The summed E-state index contributed by atoms with van der Waals surface area (Å²) in [5, 5.41) is 0.951. The Morgan fingerprint density at radius 3 is 2.53 bits per heavy atom. The van der Waals surface area contributed by atoms with Gasteiger partial charge in [0.2, 0.25) is 5.91 Å². The average Bonchev–Trinajstić information content (AvgIpc) is 2.85. The van der Waals surface area contributed by atoms with Crippen LogP contribution in [0.4, 0.5) is 4.39 Å². The molecule has 96 valence electrons. The van der Waals surface area contributed by atoms with E-state index in [0.717, 1.165) is 0 Å². The molecule has 1 aliphatic rings. The standard InChI is InChI=1S/C15H12FNO2/c16-13-8-7-12(10-4-1-2-5-11(10)13)15(19)17-9-3-6-14(17)18/h1-2,4-5,7-8H,3,6,9H2. The Kier molecular flexibility index (Phi) is 2.78. The molecular formula is C15H12FNO2. The molecule has 0 radical (unpaired) electrons. The lowest BCUT2D eigenvalue weighted by Gasteiger charge is -2.15. The van der Waals surface area contributed by atoms with Crippen molar-refractivity contribution in [3.05, 3.63) is 47.8 Å². The fourth-order valence-corrected chi connectivity index (χ4v) is 2.46. The number of amides is 2. The Labute approximate surface area is 109 Å². The van der Waals surface area contributed by atoms with E-state index in [4.69, 9.17) is 0 Å². The molecule has 0 unspecified atom stereocenters. The summed E-state index contributed by atoms with van der Waals surface area (Å²) in [5.74, 6) is -0.850. The van der Waals surface area contributed by atoms with Crippen LogP contribution < -0.4 is 0 Å². The van der Waals surface area contributed by atoms with E-state index >= 15 is 0 Å². The third-order valence-electron chi connectivity index (χ3n) is 3.42. The van der Waals surface area contributed by atoms with E-state index in [9.17, 15) is 14.0 Å². The van der Waals surface area contributed by atoms with Crippen LogP contribution in [0.15, 0.2) is 36.4 Å². The second kappa shape index (κ2) is 4.46. The van der Waals surface area contributed by atoms with E-state index in [1.54, 1.807) is 24.3 Å². The highest BCUT2D eigenvalue weighted by atomic mass is 19.1. The molecule has 2 amide bonds. The Balaban J connectivity index is 2.13. The predicted molar refractivity (Wildman–Crippen MR) is 69.2 cm³/mol. The van der Waals surface area contributed by atoms with Gasteiger partial charge >= 0.3 is 0 Å². The minimum absolute atomic E-state index is 0.154. The van der Waals surface area contributed by atoms with Crippen LogP contribution in [-0.4, -0.2) is 23.3 Å². The van der Waals surface area contributed by atoms with Crippen LogP contribution in [0.1, 0.15) is 23.2 Å². The highest BCUT2D eigenvalue weighted by Gasteiger charge is 2.28. The fourth-order valence-electron chi connectivity index (χ4n) is 2.46. The number of carbonyl (C=O) groups is 2. The molecule has 0 aliphatic carbocycles. The number of imide groups is 1. The topological polar surface area (TPSA) is 37.4 Å². The summed E-state index contributed by atoms with van der Waals surface area (Å²) in [6.07, 6.45) is 1.11. The van der Waals surface area contributed by atoms with Gasteiger partial charge in [0.1, 0.15) is 5.82 Å². The van der Waals surface area contributed by atoms with Crippen LogP contribution in [0.25, 0.3) is 10.8 Å². The summed E-state index contributed by atoms with van der Waals surface area (Å²) in [6.45, 7) is 0.448. The lowest BCUT2D eigenvalue weighted by atomic mass is 10.0. The largest absolute Gasteiger partial charge is 0.278 e. The molecule has 0 saturated carbocycles. The van der Waals surface area contributed by atoms with Crippen molar-refractivity contribution in [1.82, 2.24) is 4.90 Å². The van der Waals surface area contributed by atoms with Crippen molar-refractivity contribution in [3.63, 3.8) is 0 Å². The molecule has 0 N–H and O–H groups in total. The van der Waals surface area contributed by atoms with Crippen molar-refractivity contribution in [2.45, 2.75) is 12.8 Å². The maximum atomic E-state index is 13.7. The maximum absolute atomic E-state index is 13.7. The first-order valence-corrected chi connectivity index (χ1v) is 6.20. The molecule has 1 heterocycles. The quantitative estimate of drug-likeness (QED) is 0.737. The molecule has 3 nitrogen and oxygen atoms in total. The molecule has 3 rings (SSSR count). The predicted octanol–water partition coefficient (Wildman–Crippen LogP) is 2.74. The molecule has 0 spiro atoms. The van der Waals surface area contributed by atoms with Crippen LogP contribution in [-0.2, 0) is 4.79 Å². The first-order chi connectivity index (χ1) is 9.18. The van der Waals surface area contributed by atoms with Crippen LogP contribution in [0.3, 0.4) is 0 Å². The number of likely N-dealkylation sites (tertiary alicyclic amines) is 1. The van der Waals surface area contributed by atoms with Gasteiger partial charge in [-0.1, -0.05) is 24.3 Å². The van der Waals surface area contributed by atoms with E-state index < -0.39 is 0 Å². The molecular weight excluding hydrogens is 245 g/mol. The summed E-state index contributed by atoms with van der Waals surface area (Å²) >= 11 is 0. The Bertz CT molecular complexity index is 681. The van der Waals surface area contributed by atoms with Gasteiger partial charge in [-0.3, -0.25) is 14.5 Å². The Hall–Kier alpha value is -2.23. The number of benzene rings is 2. The molecule has 1 fully saturated rings. The lowest BCUT2D eigenvalue weighted by molar-refractivity contribution is -0.125. The zero-order chi connectivity index (χ0) is 13.4. The van der Waals surface area contributed by atoms with Crippen molar-refractivity contribution in [2.75, 3.05) is 6.54 Å². The first kappa shape index (κ1) is 11.8. The minimum Gasteiger partial charge on any atom is -0.278 e. The maximum Gasteiger partial charge on any atom is 0.261 e. The number of hydrogen-bond acceptors (Lipinski definition) is 2. The van der Waals surface area contributed by atoms with Gasteiger partial charge in [0.25, 0.3) is 5.91 Å². The number of rotatable bonds is 1. The van der Waals surface area contributed by atoms with E-state index in [-0.39, 0.29) is 17.6 Å². The van der Waals surface area contributed by atoms with E-state index in [1.165, 1.54) is 17.0 Å². The van der Waals surface area contributed by atoms with E-state index in [0.29, 0.717) is 35.7 Å². The smallest absolute Gasteiger partial charge is 0.261 e. The van der Waals surface area contributed by atoms with E-state index in [1.807, 2.05) is 0 Å². The van der Waals surface area contributed by atoms with Gasteiger partial charge in [0, 0.05) is 23.9 Å². The zero-order valence-corrected chi connectivity index (χ0v) is 10.2. The number of hydrogen-bond donors (Lipinski definition) is 0. The van der Waals surface area contributed by atoms with Gasteiger partial charge in [0.15, 0.2) is 0 Å². The molecule has 2 aromatic carbocycles. The van der Waals surface area contributed by atoms with Crippen molar-refractivity contribution in [3.8, 4) is 0 Å². The number of halogens is 1.